The number of rotatable bonds is 4. The number of fused-ring (bicyclic) bond motifs is 1. The molecule has 1 atom stereocenters. The average Bonchev–Trinajstić information content (AvgIpc) is 3.28. The number of morpholine rings is 1. The minimum absolute atomic E-state index is 0.116. The maximum atomic E-state index is 13.3. The summed E-state index contributed by atoms with van der Waals surface area (Å²) in [6, 6.07) is 3.70. The summed E-state index contributed by atoms with van der Waals surface area (Å²) >= 11 is 1.30. The van der Waals surface area contributed by atoms with E-state index >= 15 is 0 Å². The van der Waals surface area contributed by atoms with E-state index in [2.05, 4.69) is 10.1 Å². The Balaban J connectivity index is 1.75. The summed E-state index contributed by atoms with van der Waals surface area (Å²) in [4.78, 5) is 20.2. The molecule has 4 rings (SSSR count). The third kappa shape index (κ3) is 3.41. The van der Waals surface area contributed by atoms with Gasteiger partial charge in [-0.3, -0.25) is 9.48 Å². The Labute approximate surface area is 178 Å². The summed E-state index contributed by atoms with van der Waals surface area (Å²) in [5.74, 6) is -0.153. The van der Waals surface area contributed by atoms with E-state index in [-0.39, 0.29) is 30.5 Å². The van der Waals surface area contributed by atoms with Crippen LogP contribution in [0.5, 0.6) is 0 Å². The SMILES string of the molecule is Cc1c(S(=O)(=O)N2CCO[C@@H](c3c(C(=O)N(C)C)sc4ncccc34)C2)cnn1C. The lowest BCUT2D eigenvalue weighted by Crippen LogP contribution is -2.42. The standard InChI is InChI=1S/C19H23N5O4S2/c1-12-15(10-21-23(12)4)30(26,27)24-8-9-28-14(11-24)16-13-6-5-7-20-18(13)29-17(16)19(25)22(2)3/h5-7,10,14H,8-9,11H2,1-4H3/t14-/m1/s1. The predicted molar refractivity (Wildman–Crippen MR) is 113 cm³/mol. The van der Waals surface area contributed by atoms with E-state index in [0.29, 0.717) is 16.1 Å². The van der Waals surface area contributed by atoms with Crippen molar-refractivity contribution in [3.8, 4) is 0 Å². The molecule has 30 heavy (non-hydrogen) atoms. The number of nitrogens with zero attached hydrogens (tertiary/aromatic N) is 5. The third-order valence-electron chi connectivity index (χ3n) is 5.26. The minimum Gasteiger partial charge on any atom is -0.371 e. The molecule has 0 bridgehead atoms. The van der Waals surface area contributed by atoms with Crippen molar-refractivity contribution in [2.75, 3.05) is 33.8 Å². The third-order valence-corrected chi connectivity index (χ3v) is 8.35. The Kier molecular flexibility index (Phi) is 5.39. The lowest BCUT2D eigenvalue weighted by Gasteiger charge is -2.32. The molecule has 9 nitrogen and oxygen atoms in total. The van der Waals surface area contributed by atoms with Crippen LogP contribution in [0.4, 0.5) is 0 Å². The van der Waals surface area contributed by atoms with Crippen LogP contribution in [0, 0.1) is 6.92 Å². The quantitative estimate of drug-likeness (QED) is 0.603. The molecule has 4 heterocycles. The predicted octanol–water partition coefficient (Wildman–Crippen LogP) is 1.80. The zero-order valence-electron chi connectivity index (χ0n) is 17.2. The summed E-state index contributed by atoms with van der Waals surface area (Å²) in [7, 11) is 1.35. The number of carbonyl (C=O) groups is 1. The Bertz CT molecular complexity index is 1210. The second kappa shape index (κ2) is 7.73. The van der Waals surface area contributed by atoms with Crippen LogP contribution in [0.1, 0.15) is 27.0 Å². The van der Waals surface area contributed by atoms with Gasteiger partial charge < -0.3 is 9.64 Å². The number of ether oxygens (including phenoxy) is 1. The van der Waals surface area contributed by atoms with Crippen LogP contribution in [0.3, 0.4) is 0 Å². The zero-order chi connectivity index (χ0) is 21.6. The van der Waals surface area contributed by atoms with Crippen molar-refractivity contribution in [2.24, 2.45) is 7.05 Å². The topological polar surface area (TPSA) is 97.6 Å². The van der Waals surface area contributed by atoms with Gasteiger partial charge in [0.15, 0.2) is 0 Å². The van der Waals surface area contributed by atoms with Gasteiger partial charge in [-0.05, 0) is 13.0 Å². The summed E-state index contributed by atoms with van der Waals surface area (Å²) in [6.07, 6.45) is 2.48. The number of hydrogen-bond acceptors (Lipinski definition) is 7. The molecule has 0 spiro atoms. The zero-order valence-corrected chi connectivity index (χ0v) is 18.8. The second-order valence-corrected chi connectivity index (χ2v) is 10.2. The highest BCUT2D eigenvalue weighted by molar-refractivity contribution is 7.89. The molecular weight excluding hydrogens is 426 g/mol. The van der Waals surface area contributed by atoms with E-state index < -0.39 is 16.1 Å². The molecule has 0 radical (unpaired) electrons. The number of aryl methyl sites for hydroxylation is 1. The highest BCUT2D eigenvalue weighted by Gasteiger charge is 2.36. The summed E-state index contributed by atoms with van der Waals surface area (Å²) in [5, 5.41) is 4.88. The molecule has 1 saturated heterocycles. The maximum absolute atomic E-state index is 13.3. The van der Waals surface area contributed by atoms with Crippen molar-refractivity contribution in [1.82, 2.24) is 24.0 Å². The van der Waals surface area contributed by atoms with Gasteiger partial charge >= 0.3 is 0 Å². The molecule has 3 aromatic heterocycles. The van der Waals surface area contributed by atoms with Gasteiger partial charge in [0.05, 0.1) is 24.6 Å². The molecule has 0 aromatic carbocycles. The minimum atomic E-state index is -3.74. The van der Waals surface area contributed by atoms with Crippen LogP contribution in [0.2, 0.25) is 0 Å². The van der Waals surface area contributed by atoms with Gasteiger partial charge in [-0.1, -0.05) is 6.07 Å². The molecule has 160 valence electrons. The molecule has 3 aromatic rings. The van der Waals surface area contributed by atoms with Crippen molar-refractivity contribution in [3.63, 3.8) is 0 Å². The van der Waals surface area contributed by atoms with Crippen LogP contribution in [0.15, 0.2) is 29.4 Å². The van der Waals surface area contributed by atoms with Crippen molar-refractivity contribution in [3.05, 3.63) is 40.7 Å². The van der Waals surface area contributed by atoms with Crippen LogP contribution < -0.4 is 0 Å². The van der Waals surface area contributed by atoms with Gasteiger partial charge in [0, 0.05) is 51.4 Å². The second-order valence-electron chi connectivity index (χ2n) is 7.34. The first-order valence-corrected chi connectivity index (χ1v) is 11.7. The highest BCUT2D eigenvalue weighted by Crippen LogP contribution is 2.38. The molecule has 1 fully saturated rings. The maximum Gasteiger partial charge on any atom is 0.263 e. The van der Waals surface area contributed by atoms with Crippen LogP contribution >= 0.6 is 11.3 Å². The molecule has 0 saturated carbocycles. The molecule has 0 N–H and O–H groups in total. The number of sulfonamides is 1. The Morgan fingerprint density at radius 2 is 2.13 bits per heavy atom. The van der Waals surface area contributed by atoms with Gasteiger partial charge in [-0.25, -0.2) is 13.4 Å². The molecule has 0 aliphatic carbocycles. The Morgan fingerprint density at radius 1 is 1.37 bits per heavy atom. The largest absolute Gasteiger partial charge is 0.371 e. The molecule has 1 amide bonds. The number of aromatic nitrogens is 3. The van der Waals surface area contributed by atoms with Gasteiger partial charge in [0.2, 0.25) is 10.0 Å². The summed E-state index contributed by atoms with van der Waals surface area (Å²) in [5.41, 5.74) is 1.27. The molecule has 1 aliphatic rings. The number of carbonyl (C=O) groups excluding carboxylic acids is 1. The van der Waals surface area contributed by atoms with E-state index in [9.17, 15) is 13.2 Å². The number of hydrogen-bond donors (Lipinski definition) is 0. The van der Waals surface area contributed by atoms with Crippen molar-refractivity contribution in [1.29, 1.82) is 0 Å². The van der Waals surface area contributed by atoms with E-state index in [1.165, 1.54) is 31.4 Å². The monoisotopic (exact) mass is 449 g/mol. The summed E-state index contributed by atoms with van der Waals surface area (Å²) < 4.78 is 35.4. The number of pyridine rings is 1. The Hall–Kier alpha value is -2.34. The van der Waals surface area contributed by atoms with E-state index in [1.54, 1.807) is 40.3 Å². The van der Waals surface area contributed by atoms with E-state index in [4.69, 9.17) is 4.74 Å². The van der Waals surface area contributed by atoms with Gasteiger partial charge in [-0.2, -0.15) is 9.40 Å². The Morgan fingerprint density at radius 3 is 2.80 bits per heavy atom. The fourth-order valence-corrected chi connectivity index (χ4v) is 6.35. The first-order valence-electron chi connectivity index (χ1n) is 9.41. The van der Waals surface area contributed by atoms with Gasteiger partial charge in [0.1, 0.15) is 14.6 Å². The van der Waals surface area contributed by atoms with E-state index in [1.807, 2.05) is 6.07 Å². The fourth-order valence-electron chi connectivity index (χ4n) is 3.52. The molecular formula is C19H23N5O4S2. The lowest BCUT2D eigenvalue weighted by molar-refractivity contribution is -0.00205. The molecule has 0 unspecified atom stereocenters. The normalized spacial score (nSPS) is 18.1. The van der Waals surface area contributed by atoms with Crippen LogP contribution in [0.25, 0.3) is 10.2 Å². The first kappa shape index (κ1) is 20.9. The molecule has 11 heteroatoms. The van der Waals surface area contributed by atoms with E-state index in [0.717, 1.165) is 10.2 Å². The highest BCUT2D eigenvalue weighted by atomic mass is 32.2. The van der Waals surface area contributed by atoms with Crippen molar-refractivity contribution < 1.29 is 17.9 Å². The van der Waals surface area contributed by atoms with Gasteiger partial charge in [0.25, 0.3) is 5.91 Å². The lowest BCUT2D eigenvalue weighted by atomic mass is 10.0. The summed E-state index contributed by atoms with van der Waals surface area (Å²) in [6.45, 7) is 2.32. The van der Waals surface area contributed by atoms with Crippen LogP contribution in [-0.2, 0) is 21.8 Å². The van der Waals surface area contributed by atoms with Crippen molar-refractivity contribution in [2.45, 2.75) is 17.9 Å². The van der Waals surface area contributed by atoms with Crippen molar-refractivity contribution >= 4 is 37.5 Å². The number of thiophene rings is 1. The average molecular weight is 450 g/mol. The van der Waals surface area contributed by atoms with Gasteiger partial charge in [-0.15, -0.1) is 11.3 Å². The molecule has 1 aliphatic heterocycles. The fraction of sp³-hybridized carbons (Fsp3) is 0.421. The smallest absolute Gasteiger partial charge is 0.263 e. The number of amides is 1. The van der Waals surface area contributed by atoms with Crippen LogP contribution in [-0.4, -0.2) is 72.1 Å². The first-order chi connectivity index (χ1) is 14.2.